The van der Waals surface area contributed by atoms with Crippen molar-refractivity contribution in [2.24, 2.45) is 5.10 Å². The Labute approximate surface area is 202 Å². The molecule has 0 atom stereocenters. The maximum Gasteiger partial charge on any atom is 0.344 e. The fourth-order valence-electron chi connectivity index (χ4n) is 2.36. The van der Waals surface area contributed by atoms with E-state index in [0.29, 0.717) is 32.7 Å². The maximum absolute atomic E-state index is 12.2. The Bertz CT molecular complexity index is 1120. The first-order valence-electron chi connectivity index (χ1n) is 8.89. The van der Waals surface area contributed by atoms with E-state index in [1.807, 2.05) is 12.1 Å². The van der Waals surface area contributed by atoms with Crippen LogP contribution in [0.25, 0.3) is 0 Å². The second kappa shape index (κ2) is 11.1. The summed E-state index contributed by atoms with van der Waals surface area (Å²) in [7, 11) is 0. The van der Waals surface area contributed by atoms with Gasteiger partial charge >= 0.3 is 5.97 Å². The molecular formula is C22H15Cl2IN2O4. The highest BCUT2D eigenvalue weighted by molar-refractivity contribution is 14.1. The van der Waals surface area contributed by atoms with Crippen molar-refractivity contribution in [1.82, 2.24) is 5.43 Å². The van der Waals surface area contributed by atoms with E-state index < -0.39 is 11.9 Å². The van der Waals surface area contributed by atoms with Crippen LogP contribution in [0.4, 0.5) is 0 Å². The van der Waals surface area contributed by atoms with Gasteiger partial charge in [0.2, 0.25) is 0 Å². The molecule has 31 heavy (non-hydrogen) atoms. The highest BCUT2D eigenvalue weighted by atomic mass is 127. The van der Waals surface area contributed by atoms with E-state index in [1.165, 1.54) is 12.3 Å². The second-order valence-electron chi connectivity index (χ2n) is 6.09. The van der Waals surface area contributed by atoms with Crippen molar-refractivity contribution in [3.05, 3.63) is 91.5 Å². The van der Waals surface area contributed by atoms with Crippen LogP contribution in [0.5, 0.6) is 11.5 Å². The Morgan fingerprint density at radius 1 is 1.03 bits per heavy atom. The van der Waals surface area contributed by atoms with Gasteiger partial charge in [0.15, 0.2) is 6.61 Å². The highest BCUT2D eigenvalue weighted by Gasteiger charge is 2.11. The molecule has 0 radical (unpaired) electrons. The molecule has 6 nitrogen and oxygen atoms in total. The summed E-state index contributed by atoms with van der Waals surface area (Å²) >= 11 is 13.9. The summed E-state index contributed by atoms with van der Waals surface area (Å²) in [6.45, 7) is -0.258. The number of rotatable bonds is 7. The number of halogens is 3. The van der Waals surface area contributed by atoms with Crippen LogP contribution in [0.1, 0.15) is 15.9 Å². The lowest BCUT2D eigenvalue weighted by molar-refractivity contribution is -0.123. The van der Waals surface area contributed by atoms with Gasteiger partial charge in [0.05, 0.1) is 16.8 Å². The number of hydrogen-bond acceptors (Lipinski definition) is 5. The molecule has 0 aromatic heterocycles. The molecule has 0 aliphatic heterocycles. The molecule has 3 aromatic rings. The predicted molar refractivity (Wildman–Crippen MR) is 128 cm³/mol. The molecule has 0 unspecified atom stereocenters. The SMILES string of the molecule is O=C(COc1ccc(Cl)cc1Cl)N/N=C/c1ccc(OC(=O)c2ccccc2I)cc1. The minimum atomic E-state index is -0.453. The molecule has 0 aliphatic carbocycles. The second-order valence-corrected chi connectivity index (χ2v) is 8.10. The molecule has 0 aliphatic rings. The first-order chi connectivity index (χ1) is 14.9. The van der Waals surface area contributed by atoms with Crippen molar-refractivity contribution in [2.45, 2.75) is 0 Å². The number of carbonyl (C=O) groups is 2. The van der Waals surface area contributed by atoms with Crippen molar-refractivity contribution in [3.63, 3.8) is 0 Å². The van der Waals surface area contributed by atoms with Crippen LogP contribution >= 0.6 is 45.8 Å². The fourth-order valence-corrected chi connectivity index (χ4v) is 3.43. The highest BCUT2D eigenvalue weighted by Crippen LogP contribution is 2.27. The Morgan fingerprint density at radius 2 is 1.77 bits per heavy atom. The minimum Gasteiger partial charge on any atom is -0.482 e. The largest absolute Gasteiger partial charge is 0.482 e. The summed E-state index contributed by atoms with van der Waals surface area (Å²) in [6.07, 6.45) is 1.46. The number of hydrogen-bond donors (Lipinski definition) is 1. The number of esters is 1. The molecule has 0 saturated carbocycles. The van der Waals surface area contributed by atoms with E-state index in [9.17, 15) is 9.59 Å². The molecule has 0 bridgehead atoms. The van der Waals surface area contributed by atoms with Gasteiger partial charge in [-0.25, -0.2) is 10.2 Å². The topological polar surface area (TPSA) is 77.0 Å². The van der Waals surface area contributed by atoms with Crippen molar-refractivity contribution in [3.8, 4) is 11.5 Å². The fraction of sp³-hybridized carbons (Fsp3) is 0.0455. The summed E-state index contributed by atoms with van der Waals surface area (Å²) in [6, 6.07) is 18.6. The smallest absolute Gasteiger partial charge is 0.344 e. The predicted octanol–water partition coefficient (Wildman–Crippen LogP) is 5.35. The van der Waals surface area contributed by atoms with Gasteiger partial charge in [0.25, 0.3) is 5.91 Å². The number of benzene rings is 3. The zero-order valence-corrected chi connectivity index (χ0v) is 19.5. The van der Waals surface area contributed by atoms with Gasteiger partial charge in [0.1, 0.15) is 11.5 Å². The third kappa shape index (κ3) is 6.95. The summed E-state index contributed by atoms with van der Waals surface area (Å²) in [5, 5.41) is 4.66. The zero-order chi connectivity index (χ0) is 22.2. The van der Waals surface area contributed by atoms with Crippen molar-refractivity contribution >= 4 is 63.9 Å². The molecule has 0 saturated heterocycles. The first kappa shape index (κ1) is 23.1. The van der Waals surface area contributed by atoms with Crippen molar-refractivity contribution < 1.29 is 19.1 Å². The normalized spacial score (nSPS) is 10.7. The lowest BCUT2D eigenvalue weighted by Gasteiger charge is -2.07. The molecule has 158 valence electrons. The average Bonchev–Trinajstić information content (AvgIpc) is 2.74. The Kier molecular flexibility index (Phi) is 8.27. The monoisotopic (exact) mass is 568 g/mol. The Hall–Kier alpha value is -2.62. The van der Waals surface area contributed by atoms with Gasteiger partial charge in [0, 0.05) is 8.59 Å². The lowest BCUT2D eigenvalue weighted by atomic mass is 10.2. The lowest BCUT2D eigenvalue weighted by Crippen LogP contribution is -2.24. The first-order valence-corrected chi connectivity index (χ1v) is 10.7. The van der Waals surface area contributed by atoms with E-state index in [4.69, 9.17) is 32.7 Å². The number of nitrogens with one attached hydrogen (secondary N) is 1. The van der Waals surface area contributed by atoms with Gasteiger partial charge in [-0.15, -0.1) is 0 Å². The number of carbonyl (C=O) groups excluding carboxylic acids is 2. The van der Waals surface area contributed by atoms with Crippen molar-refractivity contribution in [1.29, 1.82) is 0 Å². The van der Waals surface area contributed by atoms with Gasteiger partial charge < -0.3 is 9.47 Å². The maximum atomic E-state index is 12.2. The number of amides is 1. The van der Waals surface area contributed by atoms with Crippen LogP contribution in [0.2, 0.25) is 10.0 Å². The summed E-state index contributed by atoms with van der Waals surface area (Å²) in [5.74, 6) is -0.135. The van der Waals surface area contributed by atoms with Crippen LogP contribution in [0.15, 0.2) is 71.8 Å². The van der Waals surface area contributed by atoms with Crippen LogP contribution in [-0.2, 0) is 4.79 Å². The van der Waals surface area contributed by atoms with Gasteiger partial charge in [-0.2, -0.15) is 5.10 Å². The third-order valence-electron chi connectivity index (χ3n) is 3.84. The molecule has 3 rings (SSSR count). The molecule has 0 spiro atoms. The number of nitrogens with zero attached hydrogens (tertiary/aromatic N) is 1. The molecule has 0 heterocycles. The van der Waals surface area contributed by atoms with Crippen LogP contribution in [-0.4, -0.2) is 24.7 Å². The molecule has 9 heteroatoms. The van der Waals surface area contributed by atoms with Gasteiger partial charge in [-0.1, -0.05) is 35.3 Å². The molecular weight excluding hydrogens is 554 g/mol. The number of hydrazone groups is 1. The van der Waals surface area contributed by atoms with E-state index in [2.05, 4.69) is 33.1 Å². The molecule has 0 fully saturated rings. The zero-order valence-electron chi connectivity index (χ0n) is 15.8. The van der Waals surface area contributed by atoms with Crippen LogP contribution in [0.3, 0.4) is 0 Å². The van der Waals surface area contributed by atoms with Gasteiger partial charge in [-0.05, 0) is 82.8 Å². The minimum absolute atomic E-state index is 0.258. The standard InChI is InChI=1S/C22H15Cl2IN2O4/c23-15-7-10-20(18(24)11-15)30-13-21(28)27-26-12-14-5-8-16(9-6-14)31-22(29)17-3-1-2-4-19(17)25/h1-12H,13H2,(H,27,28)/b26-12+. The number of ether oxygens (including phenoxy) is 2. The van der Waals surface area contributed by atoms with Crippen molar-refractivity contribution in [2.75, 3.05) is 6.61 Å². The third-order valence-corrected chi connectivity index (χ3v) is 5.31. The summed E-state index contributed by atoms with van der Waals surface area (Å²) in [5.41, 5.74) is 3.56. The van der Waals surface area contributed by atoms with Gasteiger partial charge in [-0.3, -0.25) is 4.79 Å². The summed E-state index contributed by atoms with van der Waals surface area (Å²) < 4.78 is 11.5. The van der Waals surface area contributed by atoms with E-state index in [0.717, 1.165) is 3.57 Å². The summed E-state index contributed by atoms with van der Waals surface area (Å²) in [4.78, 5) is 24.1. The van der Waals surface area contributed by atoms with E-state index in [-0.39, 0.29) is 6.61 Å². The molecule has 3 aromatic carbocycles. The van der Waals surface area contributed by atoms with E-state index >= 15 is 0 Å². The molecule has 1 N–H and O–H groups in total. The van der Waals surface area contributed by atoms with Crippen LogP contribution in [0, 0.1) is 3.57 Å². The van der Waals surface area contributed by atoms with Crippen LogP contribution < -0.4 is 14.9 Å². The quantitative estimate of drug-likeness (QED) is 0.137. The van der Waals surface area contributed by atoms with E-state index in [1.54, 1.807) is 48.5 Å². The molecule has 1 amide bonds. The Balaban J connectivity index is 1.48. The Morgan fingerprint density at radius 3 is 2.48 bits per heavy atom. The average molecular weight is 569 g/mol.